The van der Waals surface area contributed by atoms with Crippen molar-refractivity contribution >= 4 is 10.0 Å². The number of nitrogens with zero attached hydrogens (tertiary/aromatic N) is 1. The van der Waals surface area contributed by atoms with E-state index in [2.05, 4.69) is 9.62 Å². The van der Waals surface area contributed by atoms with Gasteiger partial charge in [0, 0.05) is 6.54 Å². The van der Waals surface area contributed by atoms with Crippen LogP contribution in [0.25, 0.3) is 0 Å². The van der Waals surface area contributed by atoms with Gasteiger partial charge in [-0.25, -0.2) is 13.1 Å². The molecule has 18 heavy (non-hydrogen) atoms. The minimum Gasteiger partial charge on any atom is -0.468 e. The number of sulfonamides is 1. The van der Waals surface area contributed by atoms with Gasteiger partial charge in [-0.05, 0) is 38.1 Å². The molecule has 0 unspecified atom stereocenters. The molecule has 0 aliphatic carbocycles. The minimum absolute atomic E-state index is 0.00461. The van der Waals surface area contributed by atoms with E-state index in [0.29, 0.717) is 6.54 Å². The highest BCUT2D eigenvalue weighted by Crippen LogP contribution is 2.24. The molecule has 0 spiro atoms. The summed E-state index contributed by atoms with van der Waals surface area (Å²) in [6, 6.07) is 3.74. The lowest BCUT2D eigenvalue weighted by atomic mass is 10.1. The lowest BCUT2D eigenvalue weighted by molar-refractivity contribution is 0.147. The van der Waals surface area contributed by atoms with Gasteiger partial charge in [0.25, 0.3) is 0 Å². The molecule has 1 saturated heterocycles. The summed E-state index contributed by atoms with van der Waals surface area (Å²) in [4.78, 5) is 2.29. The molecule has 1 fully saturated rings. The predicted octanol–water partition coefficient (Wildman–Crippen LogP) is 1.36. The molecule has 102 valence electrons. The van der Waals surface area contributed by atoms with Crippen LogP contribution in [0, 0.1) is 0 Å². The van der Waals surface area contributed by atoms with E-state index in [1.165, 1.54) is 12.7 Å². The average molecular weight is 272 g/mol. The zero-order valence-electron chi connectivity index (χ0n) is 10.6. The van der Waals surface area contributed by atoms with E-state index >= 15 is 0 Å². The molecule has 1 aromatic rings. The first-order valence-electron chi connectivity index (χ1n) is 6.28. The third kappa shape index (κ3) is 3.83. The highest BCUT2D eigenvalue weighted by molar-refractivity contribution is 7.88. The maximum atomic E-state index is 11.2. The lowest BCUT2D eigenvalue weighted by Gasteiger charge is -2.33. The molecule has 0 bridgehead atoms. The number of furan rings is 1. The fourth-order valence-corrected chi connectivity index (χ4v) is 2.81. The Bertz CT molecular complexity index is 450. The van der Waals surface area contributed by atoms with Crippen LogP contribution >= 0.6 is 0 Å². The van der Waals surface area contributed by atoms with Crippen LogP contribution in [-0.4, -0.2) is 39.2 Å². The standard InChI is InChI=1S/C12H20N2O3S/c1-18(15,16)13-10-11(12-6-5-9-17-12)14-7-3-2-4-8-14/h5-6,9,11,13H,2-4,7-8,10H2,1H3/t11-/m0/s1. The van der Waals surface area contributed by atoms with Crippen molar-refractivity contribution in [1.29, 1.82) is 0 Å². The average Bonchev–Trinajstić information content (AvgIpc) is 2.83. The van der Waals surface area contributed by atoms with Gasteiger partial charge in [-0.1, -0.05) is 6.42 Å². The maximum absolute atomic E-state index is 11.2. The maximum Gasteiger partial charge on any atom is 0.208 e. The Morgan fingerprint density at radius 3 is 2.67 bits per heavy atom. The summed E-state index contributed by atoms with van der Waals surface area (Å²) in [6.07, 6.45) is 6.39. The topological polar surface area (TPSA) is 62.6 Å². The highest BCUT2D eigenvalue weighted by Gasteiger charge is 2.25. The van der Waals surface area contributed by atoms with Gasteiger partial charge < -0.3 is 4.42 Å². The van der Waals surface area contributed by atoms with E-state index in [4.69, 9.17) is 4.42 Å². The van der Waals surface area contributed by atoms with Crippen molar-refractivity contribution in [2.75, 3.05) is 25.9 Å². The van der Waals surface area contributed by atoms with Gasteiger partial charge in [0.1, 0.15) is 5.76 Å². The second-order valence-electron chi connectivity index (χ2n) is 4.75. The summed E-state index contributed by atoms with van der Waals surface area (Å²) in [5.74, 6) is 0.827. The normalized spacial score (nSPS) is 19.8. The molecule has 0 saturated carbocycles. The Morgan fingerprint density at radius 1 is 1.39 bits per heavy atom. The fourth-order valence-electron chi connectivity index (χ4n) is 2.35. The summed E-state index contributed by atoms with van der Waals surface area (Å²) in [7, 11) is -3.17. The van der Waals surface area contributed by atoms with E-state index in [1.54, 1.807) is 6.26 Å². The van der Waals surface area contributed by atoms with Crippen molar-refractivity contribution in [3.05, 3.63) is 24.2 Å². The Kier molecular flexibility index (Phi) is 4.42. The van der Waals surface area contributed by atoms with Crippen LogP contribution in [0.5, 0.6) is 0 Å². The zero-order chi connectivity index (χ0) is 13.0. The van der Waals surface area contributed by atoms with Crippen molar-refractivity contribution in [3.8, 4) is 0 Å². The van der Waals surface area contributed by atoms with Crippen LogP contribution < -0.4 is 4.72 Å². The molecule has 1 aliphatic heterocycles. The first kappa shape index (κ1) is 13.6. The van der Waals surface area contributed by atoms with Crippen molar-refractivity contribution < 1.29 is 12.8 Å². The van der Waals surface area contributed by atoms with E-state index in [1.807, 2.05) is 12.1 Å². The summed E-state index contributed by atoms with van der Waals surface area (Å²) < 4.78 is 30.5. The second kappa shape index (κ2) is 5.86. The summed E-state index contributed by atoms with van der Waals surface area (Å²) >= 11 is 0. The van der Waals surface area contributed by atoms with Crippen LogP contribution in [0.3, 0.4) is 0 Å². The van der Waals surface area contributed by atoms with Crippen molar-refractivity contribution in [2.45, 2.75) is 25.3 Å². The molecule has 1 atom stereocenters. The Balaban J connectivity index is 2.07. The van der Waals surface area contributed by atoms with Gasteiger partial charge in [-0.3, -0.25) is 4.90 Å². The minimum atomic E-state index is -3.17. The second-order valence-corrected chi connectivity index (χ2v) is 6.58. The number of rotatable bonds is 5. The number of likely N-dealkylation sites (tertiary alicyclic amines) is 1. The highest BCUT2D eigenvalue weighted by atomic mass is 32.2. The SMILES string of the molecule is CS(=O)(=O)NC[C@@H](c1ccco1)N1CCCCC1. The molecule has 5 nitrogen and oxygen atoms in total. The summed E-state index contributed by atoms with van der Waals surface area (Å²) in [5, 5.41) is 0. The molecular formula is C12H20N2O3S. The number of nitrogens with one attached hydrogen (secondary N) is 1. The lowest BCUT2D eigenvalue weighted by Crippen LogP contribution is -2.40. The molecule has 0 radical (unpaired) electrons. The number of piperidine rings is 1. The van der Waals surface area contributed by atoms with Gasteiger partial charge in [-0.15, -0.1) is 0 Å². The molecule has 1 N–H and O–H groups in total. The van der Waals surface area contributed by atoms with Gasteiger partial charge in [0.15, 0.2) is 0 Å². The third-order valence-corrected chi connectivity index (χ3v) is 3.93. The monoisotopic (exact) mass is 272 g/mol. The quantitative estimate of drug-likeness (QED) is 0.879. The van der Waals surface area contributed by atoms with Crippen molar-refractivity contribution in [2.24, 2.45) is 0 Å². The molecule has 0 amide bonds. The Labute approximate surface area is 108 Å². The Hall–Kier alpha value is -0.850. The van der Waals surface area contributed by atoms with E-state index in [-0.39, 0.29) is 6.04 Å². The summed E-state index contributed by atoms with van der Waals surface area (Å²) in [5.41, 5.74) is 0. The van der Waals surface area contributed by atoms with Crippen molar-refractivity contribution in [1.82, 2.24) is 9.62 Å². The van der Waals surface area contributed by atoms with Gasteiger partial charge in [-0.2, -0.15) is 0 Å². The zero-order valence-corrected chi connectivity index (χ0v) is 11.4. The van der Waals surface area contributed by atoms with Crippen LogP contribution in [0.15, 0.2) is 22.8 Å². The molecule has 1 aromatic heterocycles. The molecule has 2 heterocycles. The van der Waals surface area contributed by atoms with Crippen molar-refractivity contribution in [3.63, 3.8) is 0 Å². The van der Waals surface area contributed by atoms with E-state index in [9.17, 15) is 8.42 Å². The van der Waals surface area contributed by atoms with Crippen LogP contribution in [-0.2, 0) is 10.0 Å². The van der Waals surface area contributed by atoms with Gasteiger partial charge in [0.2, 0.25) is 10.0 Å². The van der Waals surface area contributed by atoms with Crippen LogP contribution in [0.2, 0.25) is 0 Å². The molecular weight excluding hydrogens is 252 g/mol. The van der Waals surface area contributed by atoms with E-state index in [0.717, 1.165) is 31.7 Å². The number of hydrogen-bond acceptors (Lipinski definition) is 4. The van der Waals surface area contributed by atoms with Gasteiger partial charge >= 0.3 is 0 Å². The molecule has 6 heteroatoms. The molecule has 2 rings (SSSR count). The Morgan fingerprint density at radius 2 is 2.11 bits per heavy atom. The first-order chi connectivity index (χ1) is 8.56. The third-order valence-electron chi connectivity index (χ3n) is 3.24. The number of hydrogen-bond donors (Lipinski definition) is 1. The fraction of sp³-hybridized carbons (Fsp3) is 0.667. The first-order valence-corrected chi connectivity index (χ1v) is 8.17. The molecule has 0 aromatic carbocycles. The largest absolute Gasteiger partial charge is 0.468 e. The van der Waals surface area contributed by atoms with Gasteiger partial charge in [0.05, 0.1) is 18.6 Å². The predicted molar refractivity (Wildman–Crippen MR) is 69.7 cm³/mol. The molecule has 1 aliphatic rings. The van der Waals surface area contributed by atoms with Crippen LogP contribution in [0.1, 0.15) is 31.1 Å². The van der Waals surface area contributed by atoms with E-state index < -0.39 is 10.0 Å². The van der Waals surface area contributed by atoms with Crippen LogP contribution in [0.4, 0.5) is 0 Å². The smallest absolute Gasteiger partial charge is 0.208 e. The summed E-state index contributed by atoms with van der Waals surface area (Å²) in [6.45, 7) is 2.36.